The van der Waals surface area contributed by atoms with Crippen LogP contribution in [0.3, 0.4) is 0 Å². The Bertz CT molecular complexity index is 2170. The van der Waals surface area contributed by atoms with Gasteiger partial charge in [-0.2, -0.15) is 5.10 Å². The van der Waals surface area contributed by atoms with Crippen molar-refractivity contribution in [2.75, 3.05) is 67.5 Å². The number of likely N-dealkylation sites (tertiary alicyclic amines) is 1. The van der Waals surface area contributed by atoms with Crippen LogP contribution in [0.1, 0.15) is 69.7 Å². The second kappa shape index (κ2) is 14.2. The molecule has 0 saturated carbocycles. The summed E-state index contributed by atoms with van der Waals surface area (Å²) in [5, 5.41) is 9.94. The molecule has 2 aromatic heterocycles. The van der Waals surface area contributed by atoms with Crippen LogP contribution < -0.4 is 26.2 Å². The van der Waals surface area contributed by atoms with Crippen LogP contribution in [-0.2, 0) is 16.6 Å². The highest BCUT2D eigenvalue weighted by Crippen LogP contribution is 2.38. The number of carbonyl (C=O) groups is 5. The highest BCUT2D eigenvalue weighted by molar-refractivity contribution is 6.23. The molecule has 5 saturated heterocycles. The number of nitrogens with two attached hydrogens (primary N) is 1. The largest absolute Gasteiger partial charge is 0.438 e. The van der Waals surface area contributed by atoms with Crippen molar-refractivity contribution in [3.8, 4) is 0 Å². The van der Waals surface area contributed by atoms with Crippen LogP contribution in [0.2, 0.25) is 0 Å². The zero-order valence-corrected chi connectivity index (χ0v) is 31.9. The van der Waals surface area contributed by atoms with Gasteiger partial charge in [0.15, 0.2) is 17.1 Å². The number of fused-ring (bicyclic) bond motifs is 1. The molecule has 0 unspecified atom stereocenters. The number of hydrogen-bond acceptors (Lipinski definition) is 13. The molecule has 1 aromatic carbocycles. The number of imide groups is 1. The highest BCUT2D eigenvalue weighted by atomic mass is 16.6. The number of carbonyl (C=O) groups excluding carboxylic acids is 5. The number of rotatable bonds is 9. The zero-order chi connectivity index (χ0) is 39.6. The number of aryl methyl sites for hydroxylation is 1. The minimum absolute atomic E-state index is 0.0318. The zero-order valence-electron chi connectivity index (χ0n) is 31.9. The number of amides is 5. The van der Waals surface area contributed by atoms with Crippen molar-refractivity contribution in [1.82, 2.24) is 39.8 Å². The second-order valence-electron chi connectivity index (χ2n) is 16.2. The first-order valence-electron chi connectivity index (χ1n) is 19.6. The predicted octanol–water partition coefficient (Wildman–Crippen LogP) is 1.83. The van der Waals surface area contributed by atoms with E-state index in [9.17, 15) is 24.0 Å². The topological polar surface area (TPSA) is 204 Å². The monoisotopic (exact) mass is 778 g/mol. The first kappa shape index (κ1) is 36.6. The Morgan fingerprint density at radius 1 is 1.02 bits per heavy atom. The molecule has 57 heavy (non-hydrogen) atoms. The molecule has 18 nitrogen and oxygen atoms in total. The van der Waals surface area contributed by atoms with E-state index in [0.717, 1.165) is 62.4 Å². The maximum atomic E-state index is 13.4. The fourth-order valence-corrected chi connectivity index (χ4v) is 9.31. The summed E-state index contributed by atoms with van der Waals surface area (Å²) in [6.45, 7) is 9.57. The fourth-order valence-electron chi connectivity index (χ4n) is 9.31. The Morgan fingerprint density at radius 3 is 2.54 bits per heavy atom. The molecule has 0 radical (unpaired) electrons. The van der Waals surface area contributed by atoms with Gasteiger partial charge in [-0.1, -0.05) is 6.58 Å². The average molecular weight is 779 g/mol. The molecule has 2 atom stereocenters. The van der Waals surface area contributed by atoms with Gasteiger partial charge in [-0.15, -0.1) is 0 Å². The minimum Gasteiger partial charge on any atom is -0.438 e. The smallest absolute Gasteiger partial charge is 0.410 e. The summed E-state index contributed by atoms with van der Waals surface area (Å²) in [5.74, 6) is -0.600. The minimum atomic E-state index is -0.831. The van der Waals surface area contributed by atoms with E-state index in [1.54, 1.807) is 42.5 Å². The highest BCUT2D eigenvalue weighted by Gasteiger charge is 2.55. The summed E-state index contributed by atoms with van der Waals surface area (Å²) in [6.07, 6.45) is 9.18. The molecule has 6 aliphatic rings. The lowest BCUT2D eigenvalue weighted by atomic mass is 9.89. The van der Waals surface area contributed by atoms with E-state index in [1.807, 2.05) is 11.0 Å². The molecule has 0 bridgehead atoms. The van der Waals surface area contributed by atoms with Crippen LogP contribution >= 0.6 is 0 Å². The maximum Gasteiger partial charge on any atom is 0.410 e. The molecule has 5 amide bonds. The maximum absolute atomic E-state index is 13.4. The summed E-state index contributed by atoms with van der Waals surface area (Å²) in [7, 11) is 1.79. The third kappa shape index (κ3) is 6.80. The van der Waals surface area contributed by atoms with Crippen LogP contribution in [0.15, 0.2) is 49.1 Å². The normalized spacial score (nSPS) is 23.8. The lowest BCUT2D eigenvalue weighted by Crippen LogP contribution is -2.65. The number of hydrogen-bond donors (Lipinski definition) is 3. The number of ether oxygens (including phenoxy) is 1. The van der Waals surface area contributed by atoms with Crippen molar-refractivity contribution in [2.24, 2.45) is 18.7 Å². The Hall–Kier alpha value is -6.04. The van der Waals surface area contributed by atoms with E-state index < -0.39 is 29.4 Å². The molecule has 0 aliphatic carbocycles. The van der Waals surface area contributed by atoms with Gasteiger partial charge in [-0.3, -0.25) is 38.6 Å². The summed E-state index contributed by atoms with van der Waals surface area (Å²) in [6, 6.07) is 4.52. The van der Waals surface area contributed by atoms with Gasteiger partial charge in [0.05, 0.1) is 41.8 Å². The van der Waals surface area contributed by atoms with Crippen LogP contribution in [0, 0.1) is 5.92 Å². The lowest BCUT2D eigenvalue weighted by Gasteiger charge is -2.48. The van der Waals surface area contributed by atoms with E-state index in [-0.39, 0.29) is 29.6 Å². The van der Waals surface area contributed by atoms with Crippen molar-refractivity contribution in [3.63, 3.8) is 0 Å². The number of nitrogens with zero attached hydrogens (tertiary/aromatic N) is 9. The van der Waals surface area contributed by atoms with Crippen LogP contribution in [0.5, 0.6) is 0 Å². The molecule has 18 heteroatoms. The van der Waals surface area contributed by atoms with Gasteiger partial charge in [-0.25, -0.2) is 14.8 Å². The fraction of sp³-hybridized carbons (Fsp3) is 0.487. The van der Waals surface area contributed by atoms with E-state index >= 15 is 0 Å². The second-order valence-corrected chi connectivity index (χ2v) is 16.2. The Labute approximate surface area is 329 Å². The van der Waals surface area contributed by atoms with Gasteiger partial charge in [0.1, 0.15) is 11.9 Å². The molecular formula is C39H46N12O6. The molecule has 298 valence electrons. The van der Waals surface area contributed by atoms with Crippen molar-refractivity contribution >= 4 is 52.7 Å². The molecular weight excluding hydrogens is 733 g/mol. The average Bonchev–Trinajstić information content (AvgIpc) is 3.84. The number of aromatic nitrogens is 4. The Kier molecular flexibility index (Phi) is 9.09. The lowest BCUT2D eigenvalue weighted by molar-refractivity contribution is -0.125. The number of piperidine rings is 3. The van der Waals surface area contributed by atoms with Gasteiger partial charge in [0.2, 0.25) is 5.91 Å². The quantitative estimate of drug-likeness (QED) is 0.266. The molecule has 9 rings (SSSR count). The van der Waals surface area contributed by atoms with Gasteiger partial charge in [0.25, 0.3) is 17.7 Å². The molecule has 4 N–H and O–H groups in total. The third-order valence-corrected chi connectivity index (χ3v) is 12.2. The number of primary amides is 1. The van der Waals surface area contributed by atoms with Crippen molar-refractivity contribution in [2.45, 2.75) is 56.2 Å². The number of allylic oxidation sites excluding steroid dienone is 1. The molecule has 5 fully saturated rings. The van der Waals surface area contributed by atoms with Gasteiger partial charge in [-0.05, 0) is 62.6 Å². The summed E-state index contributed by atoms with van der Waals surface area (Å²) < 4.78 is 7.70. The first-order valence-corrected chi connectivity index (χ1v) is 19.6. The van der Waals surface area contributed by atoms with Crippen molar-refractivity contribution in [1.29, 1.82) is 0 Å². The Morgan fingerprint density at radius 2 is 1.81 bits per heavy atom. The van der Waals surface area contributed by atoms with Gasteiger partial charge < -0.3 is 30.9 Å². The first-order chi connectivity index (χ1) is 27.4. The SMILES string of the molecule is C=C1CC[C@H](N2C(=O)c3ccc(N4CCC(CN5CC6(C5)CN([C@@H]5CCCN(c7cnc(C(N)=O)c(Nc8cnn(C)c8)n7)C5)C(=O)O6)CC4)cc3C2=O)C(=O)N1. The van der Waals surface area contributed by atoms with Crippen molar-refractivity contribution in [3.05, 3.63) is 65.9 Å². The van der Waals surface area contributed by atoms with E-state index in [0.29, 0.717) is 73.3 Å². The number of nitrogens with one attached hydrogen (secondary N) is 2. The van der Waals surface area contributed by atoms with Gasteiger partial charge >= 0.3 is 6.09 Å². The Balaban J connectivity index is 0.768. The van der Waals surface area contributed by atoms with Crippen molar-refractivity contribution < 1.29 is 28.7 Å². The van der Waals surface area contributed by atoms with Crippen LogP contribution in [0.25, 0.3) is 0 Å². The predicted molar refractivity (Wildman–Crippen MR) is 207 cm³/mol. The number of benzene rings is 1. The molecule has 1 spiro atoms. The molecule has 8 heterocycles. The molecule has 3 aromatic rings. The summed E-state index contributed by atoms with van der Waals surface area (Å²) in [4.78, 5) is 83.4. The summed E-state index contributed by atoms with van der Waals surface area (Å²) in [5.41, 5.74) is 7.94. The third-order valence-electron chi connectivity index (χ3n) is 12.2. The molecule has 6 aliphatic heterocycles. The van der Waals surface area contributed by atoms with Gasteiger partial charge in [0, 0.05) is 70.4 Å². The van der Waals surface area contributed by atoms with Crippen LogP contribution in [0.4, 0.5) is 27.8 Å². The van der Waals surface area contributed by atoms with E-state index in [2.05, 4.69) is 42.0 Å². The number of anilines is 4. The van der Waals surface area contributed by atoms with Crippen LogP contribution in [-0.4, -0.2) is 134 Å². The standard InChI is InChI=1S/C39H46N12O6/c1-23-5-8-30(35(53)43-23)51-36(54)28-7-6-26(14-29(28)37(51)55)48-12-9-24(10-13-48)17-47-20-39(21-47)22-50(38(56)57-39)27-4-3-11-49(19-27)31-16-41-32(33(40)52)34(45-31)44-25-15-42-46(2)18-25/h6-7,14-16,18,24,27,30H,1,3-5,8-13,17,19-22H2,2H3,(H2,40,52)(H,43,53)(H,44,45)/t27-,30+/m1/s1. The van der Waals surface area contributed by atoms with E-state index in [4.69, 9.17) is 15.5 Å². The van der Waals surface area contributed by atoms with E-state index in [1.165, 1.54) is 0 Å². The summed E-state index contributed by atoms with van der Waals surface area (Å²) >= 11 is 0.